The minimum atomic E-state index is -0.0427. The molecular formula is C27H32N2O4. The van der Waals surface area contributed by atoms with Crippen molar-refractivity contribution in [2.24, 2.45) is 0 Å². The molecule has 0 saturated carbocycles. The molecule has 6 heteroatoms. The predicted molar refractivity (Wildman–Crippen MR) is 130 cm³/mol. The smallest absolute Gasteiger partial charge is 0.251 e. The van der Waals surface area contributed by atoms with E-state index in [1.807, 2.05) is 24.3 Å². The molecule has 33 heavy (non-hydrogen) atoms. The van der Waals surface area contributed by atoms with Gasteiger partial charge in [-0.2, -0.15) is 0 Å². The van der Waals surface area contributed by atoms with Crippen LogP contribution in [0.2, 0.25) is 0 Å². The third-order valence-corrected chi connectivity index (χ3v) is 6.11. The molecule has 0 unspecified atom stereocenters. The molecular weight excluding hydrogens is 416 g/mol. The molecule has 3 aromatic rings. The number of hydrogen-bond donors (Lipinski definition) is 2. The van der Waals surface area contributed by atoms with E-state index in [0.717, 1.165) is 43.6 Å². The number of aliphatic hydroxyl groups is 1. The predicted octanol–water partition coefficient (Wildman–Crippen LogP) is 4.00. The first-order valence-electron chi connectivity index (χ1n) is 11.6. The average molecular weight is 449 g/mol. The molecule has 1 fully saturated rings. The van der Waals surface area contributed by atoms with Gasteiger partial charge in [0.15, 0.2) is 0 Å². The SMILES string of the molecule is COc1cccc(C(=O)NC2CCN(Cc3ccc4ccc(OCCCO)cc4c3)CC2)c1. The maximum absolute atomic E-state index is 12.6. The average Bonchev–Trinajstić information content (AvgIpc) is 2.85. The third-order valence-electron chi connectivity index (χ3n) is 6.11. The lowest BCUT2D eigenvalue weighted by Gasteiger charge is -2.32. The minimum Gasteiger partial charge on any atom is -0.497 e. The second kappa shape index (κ2) is 11.2. The normalized spacial score (nSPS) is 14.8. The fraction of sp³-hybridized carbons (Fsp3) is 0.370. The van der Waals surface area contributed by atoms with E-state index in [2.05, 4.69) is 40.5 Å². The Bertz CT molecular complexity index is 1080. The molecule has 1 aliphatic heterocycles. The van der Waals surface area contributed by atoms with E-state index in [0.29, 0.717) is 24.3 Å². The number of carbonyl (C=O) groups is 1. The molecule has 4 rings (SSSR count). The summed E-state index contributed by atoms with van der Waals surface area (Å²) in [5, 5.41) is 14.4. The van der Waals surface area contributed by atoms with Gasteiger partial charge in [-0.3, -0.25) is 9.69 Å². The number of piperidine rings is 1. The second-order valence-corrected chi connectivity index (χ2v) is 8.52. The van der Waals surface area contributed by atoms with Crippen LogP contribution in [0.4, 0.5) is 0 Å². The van der Waals surface area contributed by atoms with Crippen LogP contribution in [-0.4, -0.2) is 55.4 Å². The highest BCUT2D eigenvalue weighted by Gasteiger charge is 2.21. The van der Waals surface area contributed by atoms with Crippen molar-refractivity contribution >= 4 is 16.7 Å². The third kappa shape index (κ3) is 6.24. The van der Waals surface area contributed by atoms with E-state index in [4.69, 9.17) is 14.6 Å². The monoisotopic (exact) mass is 448 g/mol. The van der Waals surface area contributed by atoms with E-state index < -0.39 is 0 Å². The van der Waals surface area contributed by atoms with Gasteiger partial charge in [-0.25, -0.2) is 0 Å². The molecule has 0 spiro atoms. The van der Waals surface area contributed by atoms with Crippen LogP contribution in [-0.2, 0) is 6.54 Å². The Hall–Kier alpha value is -3.09. The number of fused-ring (bicyclic) bond motifs is 1. The van der Waals surface area contributed by atoms with Crippen LogP contribution in [0, 0.1) is 0 Å². The first-order chi connectivity index (χ1) is 16.1. The molecule has 1 saturated heterocycles. The van der Waals surface area contributed by atoms with Crippen molar-refractivity contribution in [3.8, 4) is 11.5 Å². The summed E-state index contributed by atoms with van der Waals surface area (Å²) in [6.07, 6.45) is 2.51. The van der Waals surface area contributed by atoms with Crippen LogP contribution < -0.4 is 14.8 Å². The number of benzene rings is 3. The van der Waals surface area contributed by atoms with E-state index in [9.17, 15) is 4.79 Å². The molecule has 1 heterocycles. The Balaban J connectivity index is 1.30. The van der Waals surface area contributed by atoms with Crippen molar-refractivity contribution in [1.82, 2.24) is 10.2 Å². The van der Waals surface area contributed by atoms with Gasteiger partial charge in [-0.15, -0.1) is 0 Å². The molecule has 174 valence electrons. The van der Waals surface area contributed by atoms with Gasteiger partial charge in [0, 0.05) is 44.3 Å². The molecule has 3 aromatic carbocycles. The first kappa shape index (κ1) is 23.1. The number of ether oxygens (including phenoxy) is 2. The first-order valence-corrected chi connectivity index (χ1v) is 11.6. The number of hydrogen-bond acceptors (Lipinski definition) is 5. The van der Waals surface area contributed by atoms with Gasteiger partial charge in [-0.1, -0.05) is 24.3 Å². The lowest BCUT2D eigenvalue weighted by Crippen LogP contribution is -2.44. The van der Waals surface area contributed by atoms with Crippen LogP contribution in [0.15, 0.2) is 60.7 Å². The molecule has 1 aliphatic rings. The maximum Gasteiger partial charge on any atom is 0.251 e. The lowest BCUT2D eigenvalue weighted by molar-refractivity contribution is 0.0908. The molecule has 1 amide bonds. The van der Waals surface area contributed by atoms with Crippen molar-refractivity contribution < 1.29 is 19.4 Å². The second-order valence-electron chi connectivity index (χ2n) is 8.52. The number of nitrogens with one attached hydrogen (secondary N) is 1. The zero-order valence-electron chi connectivity index (χ0n) is 19.1. The van der Waals surface area contributed by atoms with Gasteiger partial charge in [-0.05, 0) is 65.6 Å². The highest BCUT2D eigenvalue weighted by atomic mass is 16.5. The van der Waals surface area contributed by atoms with Gasteiger partial charge in [0.1, 0.15) is 11.5 Å². The summed E-state index contributed by atoms with van der Waals surface area (Å²) in [5.41, 5.74) is 1.90. The molecule has 6 nitrogen and oxygen atoms in total. The Morgan fingerprint density at radius 1 is 1.03 bits per heavy atom. The zero-order chi connectivity index (χ0) is 23.0. The quantitative estimate of drug-likeness (QED) is 0.484. The Labute approximate surface area is 195 Å². The summed E-state index contributed by atoms with van der Waals surface area (Å²) in [7, 11) is 1.61. The molecule has 0 bridgehead atoms. The molecule has 0 aliphatic carbocycles. The summed E-state index contributed by atoms with van der Waals surface area (Å²) in [6, 6.07) is 20.1. The highest BCUT2D eigenvalue weighted by molar-refractivity contribution is 5.94. The van der Waals surface area contributed by atoms with Crippen LogP contribution >= 0.6 is 0 Å². The zero-order valence-corrected chi connectivity index (χ0v) is 19.1. The number of aliphatic hydroxyl groups excluding tert-OH is 1. The number of amides is 1. The van der Waals surface area contributed by atoms with Gasteiger partial charge in [0.25, 0.3) is 5.91 Å². The van der Waals surface area contributed by atoms with Crippen molar-refractivity contribution in [3.63, 3.8) is 0 Å². The number of methoxy groups -OCH3 is 1. The van der Waals surface area contributed by atoms with Crippen LogP contribution in [0.3, 0.4) is 0 Å². The minimum absolute atomic E-state index is 0.0427. The largest absolute Gasteiger partial charge is 0.497 e. The molecule has 0 radical (unpaired) electrons. The summed E-state index contributed by atoms with van der Waals surface area (Å²) < 4.78 is 10.9. The van der Waals surface area contributed by atoms with Gasteiger partial charge >= 0.3 is 0 Å². The standard InChI is InChI=1S/C27H32N2O4/c1-32-25-5-2-4-22(17-25)27(31)28-24-10-12-29(13-11-24)19-20-6-7-21-8-9-26(18-23(21)16-20)33-15-3-14-30/h2,4-9,16-18,24,30H,3,10-15,19H2,1H3,(H,28,31). The Morgan fingerprint density at radius 2 is 1.85 bits per heavy atom. The van der Waals surface area contributed by atoms with E-state index in [-0.39, 0.29) is 18.6 Å². The molecule has 2 N–H and O–H groups in total. The van der Waals surface area contributed by atoms with E-state index >= 15 is 0 Å². The lowest BCUT2D eigenvalue weighted by atomic mass is 10.0. The van der Waals surface area contributed by atoms with E-state index in [1.165, 1.54) is 10.9 Å². The molecule has 0 atom stereocenters. The maximum atomic E-state index is 12.6. The van der Waals surface area contributed by atoms with E-state index in [1.54, 1.807) is 13.2 Å². The van der Waals surface area contributed by atoms with Crippen LogP contribution in [0.25, 0.3) is 10.8 Å². The van der Waals surface area contributed by atoms with Crippen molar-refractivity contribution in [3.05, 3.63) is 71.8 Å². The van der Waals surface area contributed by atoms with Gasteiger partial charge in [0.05, 0.1) is 13.7 Å². The number of carbonyl (C=O) groups excluding carboxylic acids is 1. The van der Waals surface area contributed by atoms with Crippen LogP contribution in [0.5, 0.6) is 11.5 Å². The van der Waals surface area contributed by atoms with Crippen molar-refractivity contribution in [1.29, 1.82) is 0 Å². The summed E-state index contributed by atoms with van der Waals surface area (Å²) in [4.78, 5) is 15.0. The Kier molecular flexibility index (Phi) is 7.81. The molecule has 0 aromatic heterocycles. The van der Waals surface area contributed by atoms with Gasteiger partial charge in [0.2, 0.25) is 0 Å². The number of rotatable bonds is 9. The van der Waals surface area contributed by atoms with Crippen molar-refractivity contribution in [2.75, 3.05) is 33.4 Å². The summed E-state index contributed by atoms with van der Waals surface area (Å²) in [6.45, 7) is 3.45. The summed E-state index contributed by atoms with van der Waals surface area (Å²) in [5.74, 6) is 1.48. The topological polar surface area (TPSA) is 71.0 Å². The Morgan fingerprint density at radius 3 is 2.64 bits per heavy atom. The number of nitrogens with zero attached hydrogens (tertiary/aromatic N) is 1. The highest BCUT2D eigenvalue weighted by Crippen LogP contribution is 2.24. The van der Waals surface area contributed by atoms with Gasteiger partial charge < -0.3 is 19.9 Å². The fourth-order valence-corrected chi connectivity index (χ4v) is 4.24. The van der Waals surface area contributed by atoms with Crippen molar-refractivity contribution in [2.45, 2.75) is 31.8 Å². The summed E-state index contributed by atoms with van der Waals surface area (Å²) >= 11 is 0. The fourth-order valence-electron chi connectivity index (χ4n) is 4.24. The van der Waals surface area contributed by atoms with Crippen LogP contribution in [0.1, 0.15) is 35.2 Å². The number of likely N-dealkylation sites (tertiary alicyclic amines) is 1.